The molecule has 0 atom stereocenters. The van der Waals surface area contributed by atoms with E-state index in [1.54, 1.807) is 17.7 Å². The summed E-state index contributed by atoms with van der Waals surface area (Å²) in [5.41, 5.74) is 2.73. The number of hydrogen-bond donors (Lipinski definition) is 0. The lowest BCUT2D eigenvalue weighted by Crippen LogP contribution is -2.31. The van der Waals surface area contributed by atoms with Crippen LogP contribution < -0.4 is 4.90 Å². The Kier molecular flexibility index (Phi) is 4.68. The highest BCUT2D eigenvalue weighted by Crippen LogP contribution is 2.34. The summed E-state index contributed by atoms with van der Waals surface area (Å²) in [6.07, 6.45) is 2.89. The van der Waals surface area contributed by atoms with E-state index < -0.39 is 0 Å². The molecular weight excluding hydrogens is 328 g/mol. The minimum absolute atomic E-state index is 1.02. The Morgan fingerprint density at radius 1 is 1.00 bits per heavy atom. The molecule has 1 aliphatic rings. The number of aromatic nitrogens is 2. The van der Waals surface area contributed by atoms with Crippen LogP contribution in [0.5, 0.6) is 0 Å². The maximum atomic E-state index is 4.66. The Bertz CT molecular complexity index is 859. The Hall–Kier alpha value is -1.98. The van der Waals surface area contributed by atoms with E-state index >= 15 is 0 Å². The van der Waals surface area contributed by atoms with E-state index in [1.165, 1.54) is 27.8 Å². The van der Waals surface area contributed by atoms with Crippen LogP contribution in [0.1, 0.15) is 22.4 Å². The summed E-state index contributed by atoms with van der Waals surface area (Å²) in [7, 11) is 0. The van der Waals surface area contributed by atoms with Gasteiger partial charge in [-0.25, -0.2) is 9.97 Å². The molecule has 4 nitrogen and oxygen atoms in total. The molecule has 5 heteroatoms. The van der Waals surface area contributed by atoms with Gasteiger partial charge in [0.1, 0.15) is 17.0 Å². The van der Waals surface area contributed by atoms with Crippen LogP contribution >= 0.6 is 11.3 Å². The average molecular weight is 353 g/mol. The monoisotopic (exact) mass is 352 g/mol. The minimum Gasteiger partial charge on any atom is -0.355 e. The lowest BCUT2D eigenvalue weighted by atomic mass is 10.2. The first kappa shape index (κ1) is 16.5. The Balaban J connectivity index is 1.53. The summed E-state index contributed by atoms with van der Waals surface area (Å²) in [6, 6.07) is 10.8. The lowest BCUT2D eigenvalue weighted by Gasteiger charge is -2.23. The van der Waals surface area contributed by atoms with Gasteiger partial charge >= 0.3 is 0 Å². The number of aryl methyl sites for hydroxylation is 2. The third kappa shape index (κ3) is 3.39. The van der Waals surface area contributed by atoms with Crippen LogP contribution in [0.25, 0.3) is 10.2 Å². The Morgan fingerprint density at radius 2 is 1.84 bits per heavy atom. The fraction of sp³-hybridized carbons (Fsp3) is 0.400. The molecule has 3 heterocycles. The average Bonchev–Trinajstić information content (AvgIpc) is 2.80. The number of rotatable bonds is 3. The highest BCUT2D eigenvalue weighted by molar-refractivity contribution is 7.18. The summed E-state index contributed by atoms with van der Waals surface area (Å²) in [5.74, 6) is 1.12. The van der Waals surface area contributed by atoms with Gasteiger partial charge in [0, 0.05) is 37.6 Å². The third-order valence-corrected chi connectivity index (χ3v) is 6.20. The van der Waals surface area contributed by atoms with Crippen molar-refractivity contribution in [1.82, 2.24) is 14.9 Å². The summed E-state index contributed by atoms with van der Waals surface area (Å²) >= 11 is 1.78. The smallest absolute Gasteiger partial charge is 0.141 e. The molecule has 0 saturated carbocycles. The van der Waals surface area contributed by atoms with E-state index in [9.17, 15) is 0 Å². The van der Waals surface area contributed by atoms with Crippen molar-refractivity contribution >= 4 is 27.4 Å². The van der Waals surface area contributed by atoms with Gasteiger partial charge in [0.05, 0.1) is 5.39 Å². The predicted molar refractivity (Wildman–Crippen MR) is 105 cm³/mol. The molecule has 0 radical (unpaired) electrons. The van der Waals surface area contributed by atoms with E-state index in [0.717, 1.165) is 43.4 Å². The van der Waals surface area contributed by atoms with Crippen molar-refractivity contribution in [3.05, 3.63) is 52.7 Å². The molecule has 1 aliphatic heterocycles. The molecule has 25 heavy (non-hydrogen) atoms. The van der Waals surface area contributed by atoms with Gasteiger partial charge in [-0.1, -0.05) is 30.3 Å². The van der Waals surface area contributed by atoms with Gasteiger partial charge in [-0.3, -0.25) is 4.90 Å². The molecule has 0 unspecified atom stereocenters. The summed E-state index contributed by atoms with van der Waals surface area (Å²) < 4.78 is 0. The van der Waals surface area contributed by atoms with Crippen LogP contribution in [0.15, 0.2) is 36.7 Å². The zero-order chi connectivity index (χ0) is 17.2. The van der Waals surface area contributed by atoms with Crippen LogP contribution in [0.4, 0.5) is 5.82 Å². The van der Waals surface area contributed by atoms with Gasteiger partial charge in [0.15, 0.2) is 0 Å². The van der Waals surface area contributed by atoms with Gasteiger partial charge in [0.25, 0.3) is 0 Å². The number of benzene rings is 1. The molecule has 0 N–H and O–H groups in total. The molecule has 2 aromatic heterocycles. The fourth-order valence-corrected chi connectivity index (χ4v) is 4.58. The van der Waals surface area contributed by atoms with Gasteiger partial charge in [-0.2, -0.15) is 0 Å². The highest BCUT2D eigenvalue weighted by atomic mass is 32.1. The van der Waals surface area contributed by atoms with Gasteiger partial charge in [-0.15, -0.1) is 11.3 Å². The predicted octanol–water partition coefficient (Wildman–Crippen LogP) is 4.02. The van der Waals surface area contributed by atoms with Crippen LogP contribution in [0.2, 0.25) is 0 Å². The van der Waals surface area contributed by atoms with Crippen LogP contribution in [-0.2, 0) is 6.54 Å². The minimum atomic E-state index is 1.02. The van der Waals surface area contributed by atoms with Crippen LogP contribution in [0, 0.1) is 13.8 Å². The molecule has 0 bridgehead atoms. The van der Waals surface area contributed by atoms with E-state index in [-0.39, 0.29) is 0 Å². The van der Waals surface area contributed by atoms with Crippen LogP contribution in [0.3, 0.4) is 0 Å². The summed E-state index contributed by atoms with van der Waals surface area (Å²) in [5, 5.41) is 1.25. The molecule has 0 aliphatic carbocycles. The SMILES string of the molecule is Cc1sc2ncnc(N3CCCN(Cc4ccccc4)CC3)c2c1C. The number of fused-ring (bicyclic) bond motifs is 1. The molecule has 1 fully saturated rings. The molecule has 4 rings (SSSR count). The quantitative estimate of drug-likeness (QED) is 0.713. The zero-order valence-corrected chi connectivity index (χ0v) is 15.7. The number of anilines is 1. The lowest BCUT2D eigenvalue weighted by molar-refractivity contribution is 0.285. The second kappa shape index (κ2) is 7.10. The molecule has 3 aromatic rings. The highest BCUT2D eigenvalue weighted by Gasteiger charge is 2.20. The van der Waals surface area contributed by atoms with Gasteiger partial charge in [-0.05, 0) is 31.4 Å². The normalized spacial score (nSPS) is 16.3. The van der Waals surface area contributed by atoms with Gasteiger partial charge in [0.2, 0.25) is 0 Å². The number of thiophene rings is 1. The maximum absolute atomic E-state index is 4.66. The van der Waals surface area contributed by atoms with E-state index in [0.29, 0.717) is 0 Å². The van der Waals surface area contributed by atoms with Crippen molar-refractivity contribution in [2.24, 2.45) is 0 Å². The van der Waals surface area contributed by atoms with E-state index in [1.807, 2.05) is 0 Å². The number of hydrogen-bond acceptors (Lipinski definition) is 5. The molecule has 1 aromatic carbocycles. The topological polar surface area (TPSA) is 32.3 Å². The van der Waals surface area contributed by atoms with Gasteiger partial charge < -0.3 is 4.90 Å². The molecule has 1 saturated heterocycles. The standard InChI is InChI=1S/C20H24N4S/c1-15-16(2)25-20-18(15)19(21-14-22-20)24-10-6-9-23(11-12-24)13-17-7-4-3-5-8-17/h3-5,7-8,14H,6,9-13H2,1-2H3. The van der Waals surface area contributed by atoms with Crippen molar-refractivity contribution in [3.63, 3.8) is 0 Å². The molecule has 0 spiro atoms. The Labute approximate surface area is 153 Å². The first-order chi connectivity index (χ1) is 12.2. The summed E-state index contributed by atoms with van der Waals surface area (Å²) in [4.78, 5) is 16.6. The summed E-state index contributed by atoms with van der Waals surface area (Å²) in [6.45, 7) is 9.70. The first-order valence-electron chi connectivity index (χ1n) is 8.94. The molecule has 130 valence electrons. The molecular formula is C20H24N4S. The van der Waals surface area contributed by atoms with E-state index in [4.69, 9.17) is 0 Å². The largest absolute Gasteiger partial charge is 0.355 e. The second-order valence-electron chi connectivity index (χ2n) is 6.76. The third-order valence-electron chi connectivity index (χ3n) is 5.08. The Morgan fingerprint density at radius 3 is 2.68 bits per heavy atom. The zero-order valence-electron chi connectivity index (χ0n) is 14.9. The van der Waals surface area contributed by atoms with Crippen molar-refractivity contribution in [1.29, 1.82) is 0 Å². The fourth-order valence-electron chi connectivity index (χ4n) is 3.59. The second-order valence-corrected chi connectivity index (χ2v) is 7.97. The first-order valence-corrected chi connectivity index (χ1v) is 9.76. The maximum Gasteiger partial charge on any atom is 0.141 e. The number of nitrogens with zero attached hydrogens (tertiary/aromatic N) is 4. The van der Waals surface area contributed by atoms with E-state index in [2.05, 4.69) is 63.9 Å². The van der Waals surface area contributed by atoms with Crippen LogP contribution in [-0.4, -0.2) is 41.0 Å². The van der Waals surface area contributed by atoms with Crippen molar-refractivity contribution in [3.8, 4) is 0 Å². The van der Waals surface area contributed by atoms with Crippen molar-refractivity contribution in [2.45, 2.75) is 26.8 Å². The molecule has 0 amide bonds. The van der Waals surface area contributed by atoms with Crippen molar-refractivity contribution in [2.75, 3.05) is 31.1 Å². The van der Waals surface area contributed by atoms with Crippen molar-refractivity contribution < 1.29 is 0 Å².